The van der Waals surface area contributed by atoms with Crippen molar-refractivity contribution in [1.82, 2.24) is 4.72 Å². The van der Waals surface area contributed by atoms with E-state index in [1.807, 2.05) is 30.3 Å². The molecule has 0 atom stereocenters. The summed E-state index contributed by atoms with van der Waals surface area (Å²) in [5.41, 5.74) is 2.40. The van der Waals surface area contributed by atoms with Crippen LogP contribution in [0.3, 0.4) is 0 Å². The summed E-state index contributed by atoms with van der Waals surface area (Å²) < 4.78 is 34.5. The number of rotatable bonds is 5. The van der Waals surface area contributed by atoms with Gasteiger partial charge in [0.15, 0.2) is 0 Å². The molecule has 28 heavy (non-hydrogen) atoms. The minimum Gasteiger partial charge on any atom is -0.460 e. The number of carbonyl (C=O) groups excluding carboxylic acids is 1. The molecule has 0 radical (unpaired) electrons. The van der Waals surface area contributed by atoms with Crippen LogP contribution in [0.5, 0.6) is 0 Å². The number of hydrogen-bond donors (Lipinski definition) is 2. The first-order valence-electron chi connectivity index (χ1n) is 8.68. The zero-order valence-electron chi connectivity index (χ0n) is 14.7. The third kappa shape index (κ3) is 4.04. The van der Waals surface area contributed by atoms with Gasteiger partial charge < -0.3 is 9.73 Å². The largest absolute Gasteiger partial charge is 0.460 e. The Bertz CT molecular complexity index is 1140. The average molecular weight is 461 g/mol. The Morgan fingerprint density at radius 1 is 1.04 bits per heavy atom. The summed E-state index contributed by atoms with van der Waals surface area (Å²) in [7, 11) is -3.70. The van der Waals surface area contributed by atoms with Crippen LogP contribution in [-0.2, 0) is 27.8 Å². The Hall–Kier alpha value is -2.42. The first-order chi connectivity index (χ1) is 13.4. The van der Waals surface area contributed by atoms with Gasteiger partial charge in [-0.1, -0.05) is 28.1 Å². The van der Waals surface area contributed by atoms with Crippen LogP contribution in [-0.4, -0.2) is 14.3 Å². The molecular weight excluding hydrogens is 444 g/mol. The zero-order valence-corrected chi connectivity index (χ0v) is 17.1. The van der Waals surface area contributed by atoms with Crippen molar-refractivity contribution in [3.05, 3.63) is 70.4 Å². The SMILES string of the molecule is O=C1CCc2cc(S(=O)(=O)NCc3ccc(-c4ccc(Br)cc4)o3)ccc2N1. The monoisotopic (exact) mass is 460 g/mol. The Morgan fingerprint density at radius 2 is 1.82 bits per heavy atom. The second-order valence-electron chi connectivity index (χ2n) is 6.46. The minimum absolute atomic E-state index is 0.0483. The average Bonchev–Trinajstić information content (AvgIpc) is 3.16. The quantitative estimate of drug-likeness (QED) is 0.600. The number of nitrogens with one attached hydrogen (secondary N) is 2. The van der Waals surface area contributed by atoms with Crippen LogP contribution in [0.2, 0.25) is 0 Å². The Kier molecular flexibility index (Phi) is 5.09. The smallest absolute Gasteiger partial charge is 0.240 e. The summed E-state index contributed by atoms with van der Waals surface area (Å²) in [5, 5.41) is 2.75. The molecule has 0 bridgehead atoms. The fraction of sp³-hybridized carbons (Fsp3) is 0.150. The lowest BCUT2D eigenvalue weighted by Gasteiger charge is -2.17. The molecule has 8 heteroatoms. The van der Waals surface area contributed by atoms with E-state index in [1.54, 1.807) is 18.2 Å². The van der Waals surface area contributed by atoms with E-state index in [0.29, 0.717) is 30.0 Å². The number of amides is 1. The summed E-state index contributed by atoms with van der Waals surface area (Å²) in [4.78, 5) is 11.6. The highest BCUT2D eigenvalue weighted by Crippen LogP contribution is 2.26. The van der Waals surface area contributed by atoms with Gasteiger partial charge in [0.05, 0.1) is 11.4 Å². The molecule has 0 saturated heterocycles. The maximum atomic E-state index is 12.6. The van der Waals surface area contributed by atoms with Crippen molar-refractivity contribution in [3.8, 4) is 11.3 Å². The van der Waals surface area contributed by atoms with Gasteiger partial charge in [0, 0.05) is 22.1 Å². The van der Waals surface area contributed by atoms with Crippen molar-refractivity contribution in [2.24, 2.45) is 0 Å². The van der Waals surface area contributed by atoms with Gasteiger partial charge in [0.2, 0.25) is 15.9 Å². The molecule has 2 aromatic carbocycles. The number of furan rings is 1. The second-order valence-corrected chi connectivity index (χ2v) is 9.15. The predicted octanol–water partition coefficient (Wildman–Crippen LogP) is 4.07. The van der Waals surface area contributed by atoms with Gasteiger partial charge in [0.1, 0.15) is 11.5 Å². The van der Waals surface area contributed by atoms with E-state index in [4.69, 9.17) is 4.42 Å². The van der Waals surface area contributed by atoms with Gasteiger partial charge in [-0.05, 0) is 54.4 Å². The number of anilines is 1. The minimum atomic E-state index is -3.70. The van der Waals surface area contributed by atoms with Gasteiger partial charge >= 0.3 is 0 Å². The molecule has 6 nitrogen and oxygen atoms in total. The van der Waals surface area contributed by atoms with E-state index >= 15 is 0 Å². The van der Waals surface area contributed by atoms with Gasteiger partial charge in [-0.3, -0.25) is 4.79 Å². The van der Waals surface area contributed by atoms with Crippen LogP contribution in [0.15, 0.2) is 68.4 Å². The van der Waals surface area contributed by atoms with Crippen LogP contribution < -0.4 is 10.0 Å². The number of aryl methyl sites for hydroxylation is 1. The van der Waals surface area contributed by atoms with Crippen molar-refractivity contribution < 1.29 is 17.6 Å². The maximum Gasteiger partial charge on any atom is 0.240 e. The van der Waals surface area contributed by atoms with Crippen molar-refractivity contribution >= 4 is 37.5 Å². The molecule has 1 aliphatic rings. The number of halogens is 1. The molecule has 2 heterocycles. The number of benzene rings is 2. The van der Waals surface area contributed by atoms with E-state index in [0.717, 1.165) is 15.6 Å². The van der Waals surface area contributed by atoms with Crippen LogP contribution in [0.4, 0.5) is 5.69 Å². The summed E-state index contributed by atoms with van der Waals surface area (Å²) >= 11 is 3.39. The molecule has 1 amide bonds. The third-order valence-corrected chi connectivity index (χ3v) is 6.44. The number of sulfonamides is 1. The summed E-state index contributed by atoms with van der Waals surface area (Å²) in [5.74, 6) is 1.14. The molecule has 0 aliphatic carbocycles. The van der Waals surface area contributed by atoms with Gasteiger partial charge in [0.25, 0.3) is 0 Å². The highest BCUT2D eigenvalue weighted by molar-refractivity contribution is 9.10. The predicted molar refractivity (Wildman–Crippen MR) is 109 cm³/mol. The molecule has 1 aliphatic heterocycles. The number of carbonyl (C=O) groups is 1. The first kappa shape index (κ1) is 18.9. The van der Waals surface area contributed by atoms with Crippen molar-refractivity contribution in [3.63, 3.8) is 0 Å². The fourth-order valence-corrected chi connectivity index (χ4v) is 4.33. The standard InChI is InChI=1S/C20H17BrN2O4S/c21-15-4-1-13(2-5-15)19-9-6-16(27-19)12-22-28(25,26)17-7-8-18-14(11-17)3-10-20(24)23-18/h1-2,4-9,11,22H,3,10,12H2,(H,23,24). The third-order valence-electron chi connectivity index (χ3n) is 4.51. The molecule has 4 rings (SSSR count). The molecule has 1 aromatic heterocycles. The van der Waals surface area contributed by atoms with E-state index in [2.05, 4.69) is 26.0 Å². The highest BCUT2D eigenvalue weighted by atomic mass is 79.9. The van der Waals surface area contributed by atoms with E-state index < -0.39 is 10.0 Å². The Morgan fingerprint density at radius 3 is 2.61 bits per heavy atom. The van der Waals surface area contributed by atoms with E-state index in [-0.39, 0.29) is 17.3 Å². The normalized spacial score (nSPS) is 13.8. The fourth-order valence-electron chi connectivity index (χ4n) is 3.02. The molecule has 3 aromatic rings. The summed E-state index contributed by atoms with van der Waals surface area (Å²) in [6.07, 6.45) is 0.883. The van der Waals surface area contributed by atoms with Crippen LogP contribution >= 0.6 is 15.9 Å². The molecule has 0 fully saturated rings. The molecule has 0 spiro atoms. The Labute approximate surface area is 171 Å². The first-order valence-corrected chi connectivity index (χ1v) is 11.0. The summed E-state index contributed by atoms with van der Waals surface area (Å²) in [6.45, 7) is 0.0483. The van der Waals surface area contributed by atoms with Gasteiger partial charge in [-0.25, -0.2) is 13.1 Å². The topological polar surface area (TPSA) is 88.4 Å². The van der Waals surface area contributed by atoms with Crippen LogP contribution in [0, 0.1) is 0 Å². The molecule has 2 N–H and O–H groups in total. The van der Waals surface area contributed by atoms with Crippen molar-refractivity contribution in [2.75, 3.05) is 5.32 Å². The van der Waals surface area contributed by atoms with Gasteiger partial charge in [-0.15, -0.1) is 0 Å². The highest BCUT2D eigenvalue weighted by Gasteiger charge is 2.20. The lowest BCUT2D eigenvalue weighted by atomic mass is 10.0. The Balaban J connectivity index is 1.47. The second kappa shape index (κ2) is 7.54. The zero-order chi connectivity index (χ0) is 19.7. The molecule has 0 unspecified atom stereocenters. The lowest BCUT2D eigenvalue weighted by Crippen LogP contribution is -2.24. The summed E-state index contributed by atoms with van der Waals surface area (Å²) in [6, 6.07) is 16.0. The van der Waals surface area contributed by atoms with Crippen LogP contribution in [0.1, 0.15) is 17.7 Å². The molecular formula is C20H17BrN2O4S. The van der Waals surface area contributed by atoms with Gasteiger partial charge in [-0.2, -0.15) is 0 Å². The number of fused-ring (bicyclic) bond motifs is 1. The maximum absolute atomic E-state index is 12.6. The van der Waals surface area contributed by atoms with Crippen LogP contribution in [0.25, 0.3) is 11.3 Å². The molecule has 144 valence electrons. The van der Waals surface area contributed by atoms with Crippen molar-refractivity contribution in [2.45, 2.75) is 24.3 Å². The molecule has 0 saturated carbocycles. The number of hydrogen-bond acceptors (Lipinski definition) is 4. The lowest BCUT2D eigenvalue weighted by molar-refractivity contribution is -0.116. The van der Waals surface area contributed by atoms with Crippen molar-refractivity contribution in [1.29, 1.82) is 0 Å². The van der Waals surface area contributed by atoms with E-state index in [9.17, 15) is 13.2 Å². The van der Waals surface area contributed by atoms with E-state index in [1.165, 1.54) is 6.07 Å².